The third kappa shape index (κ3) is 4.26. The van der Waals surface area contributed by atoms with E-state index < -0.39 is 28.4 Å². The highest BCUT2D eigenvalue weighted by atomic mass is 35.5. The fraction of sp³-hybridized carbons (Fsp3) is 0.167. The highest BCUT2D eigenvalue weighted by Gasteiger charge is 2.36. The number of fused-ring (bicyclic) bond motifs is 1. The van der Waals surface area contributed by atoms with Crippen molar-refractivity contribution in [1.82, 2.24) is 0 Å². The fourth-order valence-electron chi connectivity index (χ4n) is 3.76. The summed E-state index contributed by atoms with van der Waals surface area (Å²) in [5.41, 5.74) is 1.96. The summed E-state index contributed by atoms with van der Waals surface area (Å²) >= 11 is 5.88. The molecule has 1 heterocycles. The SMILES string of the molecule is C[C@@H]1Cc2ccccc2N1S(=O)(=O)c1cccc(C(=O)OCC(=O)c2cccc(Cl)c2)c1. The van der Waals surface area contributed by atoms with Gasteiger partial charge in [0, 0.05) is 16.6 Å². The lowest BCUT2D eigenvalue weighted by Crippen LogP contribution is -2.35. The van der Waals surface area contributed by atoms with Crippen LogP contribution in [0.1, 0.15) is 33.2 Å². The second-order valence-electron chi connectivity index (χ2n) is 7.52. The van der Waals surface area contributed by atoms with Gasteiger partial charge in [0.2, 0.25) is 0 Å². The van der Waals surface area contributed by atoms with Crippen LogP contribution < -0.4 is 4.31 Å². The highest BCUT2D eigenvalue weighted by molar-refractivity contribution is 7.92. The Morgan fingerprint density at radius 3 is 2.50 bits per heavy atom. The van der Waals surface area contributed by atoms with Gasteiger partial charge in [0.1, 0.15) is 0 Å². The number of halogens is 1. The molecule has 0 unspecified atom stereocenters. The summed E-state index contributed by atoms with van der Waals surface area (Å²) in [7, 11) is -3.89. The maximum atomic E-state index is 13.4. The van der Waals surface area contributed by atoms with Gasteiger partial charge in [-0.25, -0.2) is 13.2 Å². The molecule has 6 nitrogen and oxygen atoms in total. The number of hydrogen-bond acceptors (Lipinski definition) is 5. The lowest BCUT2D eigenvalue weighted by atomic mass is 10.1. The van der Waals surface area contributed by atoms with Gasteiger partial charge in [-0.1, -0.05) is 48.0 Å². The first kappa shape index (κ1) is 22.0. The van der Waals surface area contributed by atoms with Gasteiger partial charge in [-0.05, 0) is 55.3 Å². The lowest BCUT2D eigenvalue weighted by Gasteiger charge is -2.24. The molecule has 0 aliphatic carbocycles. The third-order valence-electron chi connectivity index (χ3n) is 5.25. The predicted molar refractivity (Wildman–Crippen MR) is 122 cm³/mol. The summed E-state index contributed by atoms with van der Waals surface area (Å²) in [5.74, 6) is -1.19. The van der Waals surface area contributed by atoms with Crippen LogP contribution in [0.5, 0.6) is 0 Å². The number of carbonyl (C=O) groups is 2. The summed E-state index contributed by atoms with van der Waals surface area (Å²) in [6.07, 6.45) is 0.614. The number of nitrogens with zero attached hydrogens (tertiary/aromatic N) is 1. The van der Waals surface area contributed by atoms with Gasteiger partial charge in [-0.15, -0.1) is 0 Å². The van der Waals surface area contributed by atoms with Gasteiger partial charge < -0.3 is 4.74 Å². The van der Waals surface area contributed by atoms with Crippen molar-refractivity contribution in [2.45, 2.75) is 24.3 Å². The summed E-state index contributed by atoms with van der Waals surface area (Å²) in [6, 6.07) is 19.1. The molecule has 0 bridgehead atoms. The van der Waals surface area contributed by atoms with E-state index in [9.17, 15) is 18.0 Å². The summed E-state index contributed by atoms with van der Waals surface area (Å²) in [4.78, 5) is 24.7. The Labute approximate surface area is 191 Å². The minimum atomic E-state index is -3.89. The highest BCUT2D eigenvalue weighted by Crippen LogP contribution is 2.36. The number of carbonyl (C=O) groups excluding carboxylic acids is 2. The van der Waals surface area contributed by atoms with Crippen LogP contribution in [0.15, 0.2) is 77.7 Å². The molecule has 1 aliphatic rings. The number of anilines is 1. The van der Waals surface area contributed by atoms with Gasteiger partial charge >= 0.3 is 5.97 Å². The average Bonchev–Trinajstić information content (AvgIpc) is 3.13. The van der Waals surface area contributed by atoms with Crippen LogP contribution in [0.2, 0.25) is 5.02 Å². The first-order valence-electron chi connectivity index (χ1n) is 9.95. The summed E-state index contributed by atoms with van der Waals surface area (Å²) < 4.78 is 33.2. The van der Waals surface area contributed by atoms with E-state index in [2.05, 4.69) is 0 Å². The van der Waals surface area contributed by atoms with Crippen LogP contribution >= 0.6 is 11.6 Å². The van der Waals surface area contributed by atoms with Crippen LogP contribution in [0.3, 0.4) is 0 Å². The van der Waals surface area contributed by atoms with Crippen LogP contribution in [-0.4, -0.2) is 32.8 Å². The summed E-state index contributed by atoms with van der Waals surface area (Å²) in [5, 5.41) is 0.401. The van der Waals surface area contributed by atoms with Gasteiger partial charge in [0.25, 0.3) is 10.0 Å². The number of sulfonamides is 1. The number of para-hydroxylation sites is 1. The Morgan fingerprint density at radius 2 is 1.72 bits per heavy atom. The Bertz CT molecular complexity index is 1310. The second-order valence-corrected chi connectivity index (χ2v) is 9.77. The van der Waals surface area contributed by atoms with Crippen LogP contribution in [-0.2, 0) is 21.2 Å². The van der Waals surface area contributed by atoms with E-state index in [4.69, 9.17) is 16.3 Å². The molecule has 0 spiro atoms. The van der Waals surface area contributed by atoms with Crippen molar-refractivity contribution in [1.29, 1.82) is 0 Å². The van der Waals surface area contributed by atoms with Crippen molar-refractivity contribution >= 4 is 39.1 Å². The van der Waals surface area contributed by atoms with E-state index in [0.29, 0.717) is 22.7 Å². The van der Waals surface area contributed by atoms with Gasteiger partial charge in [-0.2, -0.15) is 0 Å². The van der Waals surface area contributed by atoms with Crippen molar-refractivity contribution in [3.63, 3.8) is 0 Å². The van der Waals surface area contributed by atoms with E-state index >= 15 is 0 Å². The van der Waals surface area contributed by atoms with Crippen molar-refractivity contribution < 1.29 is 22.7 Å². The average molecular weight is 470 g/mol. The molecule has 0 fully saturated rings. The molecular formula is C24H20ClNO5S. The fourth-order valence-corrected chi connectivity index (χ4v) is 5.69. The Hall–Kier alpha value is -3.16. The molecule has 164 valence electrons. The molecule has 32 heavy (non-hydrogen) atoms. The van der Waals surface area contributed by atoms with Gasteiger partial charge in [0.05, 0.1) is 16.1 Å². The number of rotatable bonds is 6. The van der Waals surface area contributed by atoms with Crippen molar-refractivity contribution in [2.24, 2.45) is 0 Å². The monoisotopic (exact) mass is 469 g/mol. The van der Waals surface area contributed by atoms with Gasteiger partial charge in [0.15, 0.2) is 12.4 Å². The number of hydrogen-bond donors (Lipinski definition) is 0. The third-order valence-corrected chi connectivity index (χ3v) is 7.41. The topological polar surface area (TPSA) is 80.8 Å². The van der Waals surface area contributed by atoms with E-state index in [1.165, 1.54) is 34.6 Å². The maximum absolute atomic E-state index is 13.4. The zero-order valence-corrected chi connectivity index (χ0v) is 18.8. The normalized spacial score (nSPS) is 15.3. The van der Waals surface area contributed by atoms with Crippen molar-refractivity contribution in [3.8, 4) is 0 Å². The molecule has 3 aromatic carbocycles. The van der Waals surface area contributed by atoms with Crippen LogP contribution in [0, 0.1) is 0 Å². The molecule has 0 radical (unpaired) electrons. The molecule has 1 atom stereocenters. The minimum absolute atomic E-state index is 0.0170. The maximum Gasteiger partial charge on any atom is 0.338 e. The van der Waals surface area contributed by atoms with Crippen LogP contribution in [0.4, 0.5) is 5.69 Å². The zero-order valence-electron chi connectivity index (χ0n) is 17.2. The molecule has 4 rings (SSSR count). The standard InChI is InChI=1S/C24H20ClNO5S/c1-16-12-17-6-2-3-11-22(17)26(16)32(29,30)21-10-5-8-19(14-21)24(28)31-15-23(27)18-7-4-9-20(25)13-18/h2-11,13-14,16H,12,15H2,1H3/t16-/m1/s1. The van der Waals surface area contributed by atoms with E-state index in [0.717, 1.165) is 5.56 Å². The van der Waals surface area contributed by atoms with E-state index in [1.54, 1.807) is 30.3 Å². The first-order chi connectivity index (χ1) is 15.3. The van der Waals surface area contributed by atoms with E-state index in [-0.39, 0.29) is 16.5 Å². The molecule has 0 saturated carbocycles. The molecule has 0 N–H and O–H groups in total. The molecule has 0 saturated heterocycles. The summed E-state index contributed by atoms with van der Waals surface area (Å²) in [6.45, 7) is 1.36. The Balaban J connectivity index is 1.53. The largest absolute Gasteiger partial charge is 0.454 e. The molecule has 3 aromatic rings. The molecule has 0 aromatic heterocycles. The number of benzene rings is 3. The molecule has 0 amide bonds. The van der Waals surface area contributed by atoms with Crippen LogP contribution in [0.25, 0.3) is 0 Å². The smallest absolute Gasteiger partial charge is 0.338 e. The van der Waals surface area contributed by atoms with Gasteiger partial charge in [-0.3, -0.25) is 9.10 Å². The second kappa shape index (κ2) is 8.76. The number of Topliss-reactive ketones (excluding diaryl/α,β-unsaturated/α-hetero) is 1. The molecule has 1 aliphatic heterocycles. The number of ether oxygens (including phenoxy) is 1. The van der Waals surface area contributed by atoms with Crippen molar-refractivity contribution in [2.75, 3.05) is 10.9 Å². The minimum Gasteiger partial charge on any atom is -0.454 e. The van der Waals surface area contributed by atoms with E-state index in [1.807, 2.05) is 19.1 Å². The molecular weight excluding hydrogens is 450 g/mol. The predicted octanol–water partition coefficient (Wildman–Crippen LogP) is 4.52. The zero-order chi connectivity index (χ0) is 22.9. The number of ketones is 1. The quantitative estimate of drug-likeness (QED) is 0.391. The Kier molecular flexibility index (Phi) is 6.04. The Morgan fingerprint density at radius 1 is 1.00 bits per heavy atom. The first-order valence-corrected chi connectivity index (χ1v) is 11.8. The lowest BCUT2D eigenvalue weighted by molar-refractivity contribution is 0.0474. The number of esters is 1. The van der Waals surface area contributed by atoms with Crippen molar-refractivity contribution in [3.05, 3.63) is 94.5 Å². The molecule has 8 heteroatoms.